The minimum absolute atomic E-state index is 0.0479. The van der Waals surface area contributed by atoms with Gasteiger partial charge in [-0.05, 0) is 43.0 Å². The van der Waals surface area contributed by atoms with E-state index in [4.69, 9.17) is 9.47 Å². The molecule has 1 aliphatic rings. The highest BCUT2D eigenvalue weighted by Crippen LogP contribution is 2.31. The molecule has 144 valence electrons. The second-order valence-corrected chi connectivity index (χ2v) is 6.75. The van der Waals surface area contributed by atoms with Gasteiger partial charge in [0, 0.05) is 12.1 Å². The van der Waals surface area contributed by atoms with E-state index < -0.39 is 11.9 Å². The number of esters is 2. The Labute approximate surface area is 157 Å². The summed E-state index contributed by atoms with van der Waals surface area (Å²) in [6.45, 7) is 0.577. The van der Waals surface area contributed by atoms with Gasteiger partial charge in [-0.15, -0.1) is 0 Å². The predicted octanol–water partition coefficient (Wildman–Crippen LogP) is 3.84. The van der Waals surface area contributed by atoms with Crippen LogP contribution >= 0.6 is 0 Å². The largest absolute Gasteiger partial charge is 0.465 e. The topological polar surface area (TPSA) is 70.4 Å². The molecule has 7 heteroatoms. The van der Waals surface area contributed by atoms with Crippen LogP contribution in [0.3, 0.4) is 0 Å². The molecule has 1 saturated carbocycles. The molecule has 2 aromatic rings. The van der Waals surface area contributed by atoms with Crippen molar-refractivity contribution < 1.29 is 23.5 Å². The van der Waals surface area contributed by atoms with Crippen molar-refractivity contribution in [2.24, 2.45) is 5.92 Å². The van der Waals surface area contributed by atoms with Gasteiger partial charge in [0.15, 0.2) is 5.69 Å². The zero-order valence-electron chi connectivity index (χ0n) is 15.5. The van der Waals surface area contributed by atoms with Crippen molar-refractivity contribution in [3.05, 3.63) is 41.3 Å². The number of hydrogen-bond donors (Lipinski definition) is 0. The van der Waals surface area contributed by atoms with Crippen LogP contribution in [-0.4, -0.2) is 35.9 Å². The molecule has 0 atom stereocenters. The average molecular weight is 374 g/mol. The van der Waals surface area contributed by atoms with Gasteiger partial charge in [0.05, 0.1) is 19.9 Å². The number of carbonyl (C=O) groups is 2. The summed E-state index contributed by atoms with van der Waals surface area (Å²) in [5, 5.41) is 4.39. The molecule has 0 saturated heterocycles. The number of benzene rings is 1. The second kappa shape index (κ2) is 8.33. The average Bonchev–Trinajstić information content (AvgIpc) is 3.07. The van der Waals surface area contributed by atoms with Crippen molar-refractivity contribution in [1.29, 1.82) is 0 Å². The minimum Gasteiger partial charge on any atom is -0.465 e. The first-order chi connectivity index (χ1) is 13.0. The Hall–Kier alpha value is -2.70. The van der Waals surface area contributed by atoms with Gasteiger partial charge in [0.2, 0.25) is 0 Å². The van der Waals surface area contributed by atoms with Crippen molar-refractivity contribution in [3.63, 3.8) is 0 Å². The molecule has 0 aliphatic heterocycles. The van der Waals surface area contributed by atoms with Gasteiger partial charge in [-0.2, -0.15) is 5.10 Å². The van der Waals surface area contributed by atoms with Crippen LogP contribution in [0.15, 0.2) is 24.3 Å². The zero-order chi connectivity index (χ0) is 19.4. The van der Waals surface area contributed by atoms with Gasteiger partial charge in [-0.3, -0.25) is 4.68 Å². The van der Waals surface area contributed by atoms with Gasteiger partial charge < -0.3 is 9.47 Å². The number of hydrogen-bond acceptors (Lipinski definition) is 5. The molecule has 1 aromatic carbocycles. The lowest BCUT2D eigenvalue weighted by atomic mass is 9.89. The fourth-order valence-electron chi connectivity index (χ4n) is 3.64. The van der Waals surface area contributed by atoms with Gasteiger partial charge in [-0.1, -0.05) is 19.3 Å². The standard InChI is InChI=1S/C20H23FN2O4/c1-26-19(24)16-17(20(25)27-2)22-23(12-13-6-4-3-5-7-13)18(16)14-8-10-15(21)11-9-14/h8-11,13H,3-7,12H2,1-2H3. The number of aromatic nitrogens is 2. The van der Waals surface area contributed by atoms with E-state index in [1.165, 1.54) is 32.8 Å². The van der Waals surface area contributed by atoms with E-state index >= 15 is 0 Å². The van der Waals surface area contributed by atoms with Crippen molar-refractivity contribution >= 4 is 11.9 Å². The number of carbonyl (C=O) groups excluding carboxylic acids is 2. The summed E-state index contributed by atoms with van der Waals surface area (Å²) in [5.74, 6) is -1.36. The SMILES string of the molecule is COC(=O)c1nn(CC2CCCCC2)c(-c2ccc(F)cc2)c1C(=O)OC. The minimum atomic E-state index is -0.707. The van der Waals surface area contributed by atoms with E-state index in [1.807, 2.05) is 0 Å². The van der Waals surface area contributed by atoms with E-state index in [9.17, 15) is 14.0 Å². The lowest BCUT2D eigenvalue weighted by Gasteiger charge is -2.22. The summed E-state index contributed by atoms with van der Waals surface area (Å²) < 4.78 is 24.8. The molecule has 1 heterocycles. The second-order valence-electron chi connectivity index (χ2n) is 6.75. The Morgan fingerprint density at radius 2 is 1.70 bits per heavy atom. The lowest BCUT2D eigenvalue weighted by molar-refractivity contribution is 0.0552. The molecule has 6 nitrogen and oxygen atoms in total. The van der Waals surface area contributed by atoms with Gasteiger partial charge in [-0.25, -0.2) is 14.0 Å². The summed E-state index contributed by atoms with van der Waals surface area (Å²) in [4.78, 5) is 24.7. The van der Waals surface area contributed by atoms with E-state index in [1.54, 1.807) is 16.8 Å². The molecule has 0 bridgehead atoms. The molecule has 1 aliphatic carbocycles. The molecule has 27 heavy (non-hydrogen) atoms. The number of halogens is 1. The van der Waals surface area contributed by atoms with Crippen LogP contribution in [-0.2, 0) is 16.0 Å². The first kappa shape index (κ1) is 19.1. The van der Waals surface area contributed by atoms with E-state index in [2.05, 4.69) is 5.10 Å². The molecule has 3 rings (SSSR count). The van der Waals surface area contributed by atoms with Gasteiger partial charge >= 0.3 is 11.9 Å². The molecule has 0 radical (unpaired) electrons. The van der Waals surface area contributed by atoms with Crippen LogP contribution in [0.5, 0.6) is 0 Å². The van der Waals surface area contributed by atoms with Crippen LogP contribution < -0.4 is 0 Å². The molecular formula is C20H23FN2O4. The Morgan fingerprint density at radius 1 is 1.07 bits per heavy atom. The number of ether oxygens (including phenoxy) is 2. The normalized spacial score (nSPS) is 14.8. The van der Waals surface area contributed by atoms with Crippen LogP contribution in [0, 0.1) is 11.7 Å². The van der Waals surface area contributed by atoms with E-state index in [-0.39, 0.29) is 17.1 Å². The van der Waals surface area contributed by atoms with E-state index in [0.29, 0.717) is 23.7 Å². The van der Waals surface area contributed by atoms with Gasteiger partial charge in [0.1, 0.15) is 11.4 Å². The van der Waals surface area contributed by atoms with Gasteiger partial charge in [0.25, 0.3) is 0 Å². The summed E-state index contributed by atoms with van der Waals surface area (Å²) >= 11 is 0. The van der Waals surface area contributed by atoms with Crippen molar-refractivity contribution in [2.75, 3.05) is 14.2 Å². The molecular weight excluding hydrogens is 351 g/mol. The van der Waals surface area contributed by atoms with Crippen molar-refractivity contribution in [3.8, 4) is 11.3 Å². The quantitative estimate of drug-likeness (QED) is 0.744. The predicted molar refractivity (Wildman–Crippen MR) is 96.9 cm³/mol. The molecule has 1 aromatic heterocycles. The maximum atomic E-state index is 13.4. The molecule has 0 amide bonds. The molecule has 0 spiro atoms. The fourth-order valence-corrected chi connectivity index (χ4v) is 3.64. The molecule has 0 N–H and O–H groups in total. The maximum absolute atomic E-state index is 13.4. The van der Waals surface area contributed by atoms with Crippen LogP contribution in [0.2, 0.25) is 0 Å². The summed E-state index contributed by atoms with van der Waals surface area (Å²) in [6, 6.07) is 5.76. The third kappa shape index (κ3) is 4.02. The third-order valence-electron chi connectivity index (χ3n) is 4.99. The number of nitrogens with zero attached hydrogens (tertiary/aromatic N) is 2. The molecule has 0 unspecified atom stereocenters. The summed E-state index contributed by atoms with van der Waals surface area (Å²) in [6.07, 6.45) is 5.69. The highest BCUT2D eigenvalue weighted by Gasteiger charge is 2.31. The van der Waals surface area contributed by atoms with E-state index in [0.717, 1.165) is 25.7 Å². The summed E-state index contributed by atoms with van der Waals surface area (Å²) in [5.41, 5.74) is 1.01. The first-order valence-electron chi connectivity index (χ1n) is 9.08. The lowest BCUT2D eigenvalue weighted by Crippen LogP contribution is -2.16. The zero-order valence-corrected chi connectivity index (χ0v) is 15.5. The number of rotatable bonds is 5. The van der Waals surface area contributed by atoms with Crippen LogP contribution in [0.1, 0.15) is 53.0 Å². The smallest absolute Gasteiger partial charge is 0.359 e. The third-order valence-corrected chi connectivity index (χ3v) is 4.99. The highest BCUT2D eigenvalue weighted by molar-refractivity contribution is 6.06. The summed E-state index contributed by atoms with van der Waals surface area (Å²) in [7, 11) is 2.48. The Bertz CT molecular complexity index is 823. The van der Waals surface area contributed by atoms with Crippen LogP contribution in [0.4, 0.5) is 4.39 Å². The van der Waals surface area contributed by atoms with Crippen LogP contribution in [0.25, 0.3) is 11.3 Å². The first-order valence-corrected chi connectivity index (χ1v) is 9.08. The highest BCUT2D eigenvalue weighted by atomic mass is 19.1. The Morgan fingerprint density at radius 3 is 2.30 bits per heavy atom. The monoisotopic (exact) mass is 374 g/mol. The fraction of sp³-hybridized carbons (Fsp3) is 0.450. The Kier molecular flexibility index (Phi) is 5.88. The Balaban J connectivity index is 2.14. The van der Waals surface area contributed by atoms with Crippen molar-refractivity contribution in [1.82, 2.24) is 9.78 Å². The maximum Gasteiger partial charge on any atom is 0.359 e. The van der Waals surface area contributed by atoms with Crippen molar-refractivity contribution in [2.45, 2.75) is 38.6 Å². The molecule has 1 fully saturated rings. The number of methoxy groups -OCH3 is 2.